The van der Waals surface area contributed by atoms with Gasteiger partial charge in [-0.2, -0.15) is 0 Å². The first kappa shape index (κ1) is 11.3. The highest BCUT2D eigenvalue weighted by Gasteiger charge is 2.11. The van der Waals surface area contributed by atoms with Crippen LogP contribution in [-0.2, 0) is 18.4 Å². The first-order valence-corrected chi connectivity index (χ1v) is 4.47. The fraction of sp³-hybridized carbons (Fsp3) is 0.400. The third kappa shape index (κ3) is 3.44. The maximum absolute atomic E-state index is 10.6. The average molecular weight is 207 g/mol. The minimum Gasteiger partial charge on any atom is -0.480 e. The zero-order chi connectivity index (χ0) is 11.3. The second-order valence-corrected chi connectivity index (χ2v) is 3.20. The van der Waals surface area contributed by atoms with E-state index in [4.69, 9.17) is 11.5 Å². The van der Waals surface area contributed by atoms with E-state index in [0.29, 0.717) is 13.1 Å². The zero-order valence-electron chi connectivity index (χ0n) is 8.55. The largest absolute Gasteiger partial charge is 0.480 e. The molecule has 1 rings (SSSR count). The maximum Gasteiger partial charge on any atom is 0.317 e. The Morgan fingerprint density at radius 2 is 2.53 bits per heavy atom. The number of rotatable bonds is 5. The van der Waals surface area contributed by atoms with Crippen LogP contribution >= 0.6 is 0 Å². The molecule has 0 unspecified atom stereocenters. The SMILES string of the molecule is C#CCN(CC(=O)O)Cc1nccn1C. The lowest BCUT2D eigenvalue weighted by Gasteiger charge is -2.16. The molecule has 0 aliphatic heterocycles. The highest BCUT2D eigenvalue weighted by atomic mass is 16.4. The number of aliphatic carboxylic acids is 1. The first-order valence-electron chi connectivity index (χ1n) is 4.47. The van der Waals surface area contributed by atoms with Crippen molar-refractivity contribution in [2.24, 2.45) is 7.05 Å². The molecule has 0 bridgehead atoms. The number of aryl methyl sites for hydroxylation is 1. The highest BCUT2D eigenvalue weighted by molar-refractivity contribution is 5.69. The molecular formula is C10H13N3O2. The standard InChI is InChI=1S/C10H13N3O2/c1-3-5-13(8-10(14)15)7-9-11-4-6-12(9)2/h1,4,6H,5,7-8H2,2H3,(H,14,15). The molecule has 0 spiro atoms. The predicted molar refractivity (Wildman–Crippen MR) is 55.0 cm³/mol. The summed E-state index contributed by atoms with van der Waals surface area (Å²) < 4.78 is 1.84. The van der Waals surface area contributed by atoms with Crippen molar-refractivity contribution < 1.29 is 9.90 Å². The van der Waals surface area contributed by atoms with Crippen LogP contribution in [-0.4, -0.2) is 38.6 Å². The van der Waals surface area contributed by atoms with Crippen molar-refractivity contribution in [3.8, 4) is 12.3 Å². The van der Waals surface area contributed by atoms with E-state index in [0.717, 1.165) is 5.82 Å². The number of aromatic nitrogens is 2. The molecule has 1 aromatic rings. The third-order valence-corrected chi connectivity index (χ3v) is 1.96. The van der Waals surface area contributed by atoms with Crippen LogP contribution in [0.5, 0.6) is 0 Å². The molecule has 0 atom stereocenters. The lowest BCUT2D eigenvalue weighted by molar-refractivity contribution is -0.138. The van der Waals surface area contributed by atoms with Gasteiger partial charge in [0.2, 0.25) is 0 Å². The van der Waals surface area contributed by atoms with E-state index >= 15 is 0 Å². The molecule has 0 saturated heterocycles. The number of carbonyl (C=O) groups is 1. The van der Waals surface area contributed by atoms with Crippen LogP contribution < -0.4 is 0 Å². The van der Waals surface area contributed by atoms with Crippen LogP contribution in [0, 0.1) is 12.3 Å². The number of hydrogen-bond acceptors (Lipinski definition) is 3. The van der Waals surface area contributed by atoms with Crippen molar-refractivity contribution in [1.29, 1.82) is 0 Å². The predicted octanol–water partition coefficient (Wildman–Crippen LogP) is -0.0601. The quantitative estimate of drug-likeness (QED) is 0.687. The van der Waals surface area contributed by atoms with Crippen molar-refractivity contribution in [2.45, 2.75) is 6.54 Å². The van der Waals surface area contributed by atoms with Crippen molar-refractivity contribution >= 4 is 5.97 Å². The van der Waals surface area contributed by atoms with Crippen LogP contribution in [0.2, 0.25) is 0 Å². The molecule has 0 fully saturated rings. The van der Waals surface area contributed by atoms with Gasteiger partial charge in [0.25, 0.3) is 0 Å². The third-order valence-electron chi connectivity index (χ3n) is 1.96. The van der Waals surface area contributed by atoms with Crippen LogP contribution in [0.15, 0.2) is 12.4 Å². The second kappa shape index (κ2) is 5.17. The van der Waals surface area contributed by atoms with Gasteiger partial charge in [0.05, 0.1) is 19.6 Å². The van der Waals surface area contributed by atoms with Gasteiger partial charge in [-0.25, -0.2) is 4.98 Å². The van der Waals surface area contributed by atoms with E-state index in [1.54, 1.807) is 11.1 Å². The first-order chi connectivity index (χ1) is 7.13. The minimum atomic E-state index is -0.889. The zero-order valence-corrected chi connectivity index (χ0v) is 8.55. The van der Waals surface area contributed by atoms with Crippen molar-refractivity contribution in [1.82, 2.24) is 14.5 Å². The van der Waals surface area contributed by atoms with E-state index in [1.165, 1.54) is 0 Å². The normalized spacial score (nSPS) is 10.2. The average Bonchev–Trinajstić information content (AvgIpc) is 2.51. The van der Waals surface area contributed by atoms with E-state index < -0.39 is 5.97 Å². The molecular weight excluding hydrogens is 194 g/mol. The van der Waals surface area contributed by atoms with Crippen molar-refractivity contribution in [3.63, 3.8) is 0 Å². The molecule has 0 aromatic carbocycles. The number of terminal acetylenes is 1. The minimum absolute atomic E-state index is 0.0724. The monoisotopic (exact) mass is 207 g/mol. The van der Waals surface area contributed by atoms with Gasteiger partial charge in [0.15, 0.2) is 0 Å². The molecule has 5 nitrogen and oxygen atoms in total. The topological polar surface area (TPSA) is 58.4 Å². The number of imidazole rings is 1. The Kier molecular flexibility index (Phi) is 3.89. The molecule has 1 heterocycles. The smallest absolute Gasteiger partial charge is 0.317 e. The molecule has 1 N–H and O–H groups in total. The summed E-state index contributed by atoms with van der Waals surface area (Å²) in [4.78, 5) is 16.3. The summed E-state index contributed by atoms with van der Waals surface area (Å²) in [7, 11) is 1.86. The van der Waals surface area contributed by atoms with Crippen LogP contribution in [0.3, 0.4) is 0 Å². The number of hydrogen-bond donors (Lipinski definition) is 1. The highest BCUT2D eigenvalue weighted by Crippen LogP contribution is 2.00. The molecule has 80 valence electrons. The molecule has 5 heteroatoms. The lowest BCUT2D eigenvalue weighted by Crippen LogP contribution is -2.30. The Bertz CT molecular complexity index is 378. The second-order valence-electron chi connectivity index (χ2n) is 3.20. The van der Waals surface area contributed by atoms with E-state index in [-0.39, 0.29) is 6.54 Å². The summed E-state index contributed by atoms with van der Waals surface area (Å²) in [5.41, 5.74) is 0. The van der Waals surface area contributed by atoms with Gasteiger partial charge in [0.1, 0.15) is 5.82 Å². The van der Waals surface area contributed by atoms with Crippen molar-refractivity contribution in [2.75, 3.05) is 13.1 Å². The van der Waals surface area contributed by atoms with Gasteiger partial charge in [0, 0.05) is 19.4 Å². The molecule has 0 saturated carbocycles. The van der Waals surface area contributed by atoms with Crippen LogP contribution in [0.1, 0.15) is 5.82 Å². The van der Waals surface area contributed by atoms with E-state index in [2.05, 4.69) is 10.9 Å². The Labute approximate surface area is 88.3 Å². The summed E-state index contributed by atoms with van der Waals surface area (Å²) in [5, 5.41) is 8.67. The molecule has 1 aromatic heterocycles. The van der Waals surface area contributed by atoms with Gasteiger partial charge < -0.3 is 9.67 Å². The molecule has 0 aliphatic rings. The Balaban J connectivity index is 2.63. The number of carboxylic acid groups (broad SMARTS) is 1. The number of carboxylic acids is 1. The number of nitrogens with zero attached hydrogens (tertiary/aromatic N) is 3. The van der Waals surface area contributed by atoms with Gasteiger partial charge in [-0.1, -0.05) is 5.92 Å². The fourth-order valence-corrected chi connectivity index (χ4v) is 1.24. The van der Waals surface area contributed by atoms with Crippen LogP contribution in [0.4, 0.5) is 0 Å². The van der Waals surface area contributed by atoms with Gasteiger partial charge >= 0.3 is 5.97 Å². The summed E-state index contributed by atoms with van der Waals surface area (Å²) in [5.74, 6) is 2.34. The Morgan fingerprint density at radius 1 is 1.80 bits per heavy atom. The fourth-order valence-electron chi connectivity index (χ4n) is 1.24. The maximum atomic E-state index is 10.6. The van der Waals surface area contributed by atoms with Crippen molar-refractivity contribution in [3.05, 3.63) is 18.2 Å². The van der Waals surface area contributed by atoms with Gasteiger partial charge in [-0.15, -0.1) is 6.42 Å². The Hall–Kier alpha value is -1.80. The molecule has 0 radical (unpaired) electrons. The molecule has 0 amide bonds. The van der Waals surface area contributed by atoms with E-state index in [1.807, 2.05) is 17.8 Å². The summed E-state index contributed by atoms with van der Waals surface area (Å²) in [6.45, 7) is 0.677. The summed E-state index contributed by atoms with van der Waals surface area (Å²) >= 11 is 0. The van der Waals surface area contributed by atoms with Gasteiger partial charge in [-0.3, -0.25) is 9.69 Å². The van der Waals surface area contributed by atoms with Crippen LogP contribution in [0.25, 0.3) is 0 Å². The summed E-state index contributed by atoms with van der Waals surface area (Å²) in [6.07, 6.45) is 8.64. The summed E-state index contributed by atoms with van der Waals surface area (Å²) in [6, 6.07) is 0. The molecule has 15 heavy (non-hydrogen) atoms. The molecule has 0 aliphatic carbocycles. The van der Waals surface area contributed by atoms with Gasteiger partial charge in [-0.05, 0) is 0 Å². The Morgan fingerprint density at radius 3 is 3.00 bits per heavy atom. The lowest BCUT2D eigenvalue weighted by atomic mass is 10.4. The van der Waals surface area contributed by atoms with E-state index in [9.17, 15) is 4.79 Å².